The van der Waals surface area contributed by atoms with E-state index in [1.807, 2.05) is 19.9 Å². The van der Waals surface area contributed by atoms with Crippen molar-refractivity contribution < 1.29 is 19.1 Å². The largest absolute Gasteiger partial charge is 0.387 e. The van der Waals surface area contributed by atoms with E-state index in [4.69, 9.17) is 0 Å². The molecule has 0 aromatic heterocycles. The number of anilines is 1. The van der Waals surface area contributed by atoms with Crippen LogP contribution in [0.4, 0.5) is 14.9 Å². The van der Waals surface area contributed by atoms with Gasteiger partial charge in [0.2, 0.25) is 5.91 Å². The van der Waals surface area contributed by atoms with Gasteiger partial charge in [0.1, 0.15) is 5.82 Å². The van der Waals surface area contributed by atoms with Crippen LogP contribution in [0, 0.1) is 11.7 Å². The van der Waals surface area contributed by atoms with Crippen LogP contribution in [0.5, 0.6) is 0 Å². The summed E-state index contributed by atoms with van der Waals surface area (Å²) in [6.45, 7) is 4.09. The Kier molecular flexibility index (Phi) is 7.95. The first kappa shape index (κ1) is 21.4. The number of hydrogen-bond donors (Lipinski definition) is 4. The van der Waals surface area contributed by atoms with Crippen molar-refractivity contribution >= 4 is 17.6 Å². The summed E-state index contributed by atoms with van der Waals surface area (Å²) in [7, 11) is 0. The third kappa shape index (κ3) is 6.66. The highest BCUT2D eigenvalue weighted by atomic mass is 19.1. The summed E-state index contributed by atoms with van der Waals surface area (Å²) >= 11 is 0. The van der Waals surface area contributed by atoms with Crippen molar-refractivity contribution in [3.63, 3.8) is 0 Å². The van der Waals surface area contributed by atoms with E-state index >= 15 is 0 Å². The van der Waals surface area contributed by atoms with Crippen LogP contribution < -0.4 is 16.0 Å². The molecule has 2 unspecified atom stereocenters. The second-order valence-electron chi connectivity index (χ2n) is 6.63. The van der Waals surface area contributed by atoms with Crippen molar-refractivity contribution in [1.29, 1.82) is 0 Å². The normalized spacial score (nSPS) is 12.7. The van der Waals surface area contributed by atoms with Gasteiger partial charge >= 0.3 is 6.03 Å². The smallest absolute Gasteiger partial charge is 0.315 e. The second-order valence-corrected chi connectivity index (χ2v) is 6.63. The molecule has 2 aromatic rings. The molecule has 2 rings (SSSR count). The van der Waals surface area contributed by atoms with Crippen LogP contribution in [-0.4, -0.2) is 23.6 Å². The van der Waals surface area contributed by atoms with Crippen molar-refractivity contribution in [2.45, 2.75) is 32.9 Å². The molecule has 0 bridgehead atoms. The average molecular weight is 387 g/mol. The number of nitrogens with one attached hydrogen (secondary N) is 3. The van der Waals surface area contributed by atoms with E-state index < -0.39 is 12.1 Å². The lowest BCUT2D eigenvalue weighted by Crippen LogP contribution is -2.37. The van der Waals surface area contributed by atoms with E-state index in [0.717, 1.165) is 12.0 Å². The fourth-order valence-electron chi connectivity index (χ4n) is 2.45. The molecule has 4 N–H and O–H groups in total. The summed E-state index contributed by atoms with van der Waals surface area (Å²) in [5.41, 5.74) is 2.03. The zero-order valence-electron chi connectivity index (χ0n) is 16.0. The van der Waals surface area contributed by atoms with Crippen molar-refractivity contribution in [3.8, 4) is 0 Å². The zero-order valence-corrected chi connectivity index (χ0v) is 16.0. The number of hydrogen-bond acceptors (Lipinski definition) is 3. The van der Waals surface area contributed by atoms with Gasteiger partial charge in [0, 0.05) is 24.7 Å². The van der Waals surface area contributed by atoms with Gasteiger partial charge in [-0.25, -0.2) is 9.18 Å². The van der Waals surface area contributed by atoms with E-state index in [0.29, 0.717) is 11.3 Å². The fourth-order valence-corrected chi connectivity index (χ4v) is 2.45. The summed E-state index contributed by atoms with van der Waals surface area (Å²) in [6, 6.07) is 12.3. The Labute approximate surface area is 164 Å². The van der Waals surface area contributed by atoms with E-state index in [1.54, 1.807) is 18.2 Å². The van der Waals surface area contributed by atoms with Crippen LogP contribution in [0.2, 0.25) is 0 Å². The van der Waals surface area contributed by atoms with E-state index in [2.05, 4.69) is 16.0 Å². The summed E-state index contributed by atoms with van der Waals surface area (Å²) in [6.07, 6.45) is -0.165. The molecule has 0 saturated carbocycles. The van der Waals surface area contributed by atoms with E-state index in [1.165, 1.54) is 24.3 Å². The van der Waals surface area contributed by atoms with Crippen LogP contribution in [0.25, 0.3) is 0 Å². The number of urea groups is 1. The predicted octanol–water partition coefficient (Wildman–Crippen LogP) is 3.34. The first-order valence-electron chi connectivity index (χ1n) is 9.24. The molecule has 0 fully saturated rings. The molecule has 0 spiro atoms. The molecule has 0 heterocycles. The number of benzene rings is 2. The molecule has 2 atom stereocenters. The molecular formula is C21H26FN3O3. The minimum absolute atomic E-state index is 0.00245. The Balaban J connectivity index is 1.80. The van der Waals surface area contributed by atoms with E-state index in [9.17, 15) is 19.1 Å². The number of aliphatic hydroxyl groups is 1. The maximum atomic E-state index is 12.9. The molecule has 0 aliphatic carbocycles. The lowest BCUT2D eigenvalue weighted by Gasteiger charge is -2.14. The standard InChI is InChI=1S/C21H26FN3O3/c1-3-14(2)20(27)25-18-6-4-5-15(11-18)12-23-21(28)24-13-19(26)16-7-9-17(22)10-8-16/h4-11,14,19,26H,3,12-13H2,1-2H3,(H,25,27)(H2,23,24,28). The molecule has 0 aliphatic rings. The minimum Gasteiger partial charge on any atom is -0.387 e. The summed E-state index contributed by atoms with van der Waals surface area (Å²) in [5, 5.41) is 18.1. The predicted molar refractivity (Wildman–Crippen MR) is 106 cm³/mol. The Hall–Kier alpha value is -2.93. The van der Waals surface area contributed by atoms with Gasteiger partial charge in [-0.3, -0.25) is 4.79 Å². The summed E-state index contributed by atoms with van der Waals surface area (Å²) < 4.78 is 12.9. The molecule has 6 nitrogen and oxygen atoms in total. The Bertz CT molecular complexity index is 796. The number of amides is 3. The van der Waals surface area contributed by atoms with Crippen LogP contribution in [0.3, 0.4) is 0 Å². The Morgan fingerprint density at radius 3 is 2.50 bits per heavy atom. The van der Waals surface area contributed by atoms with Crippen molar-refractivity contribution in [2.24, 2.45) is 5.92 Å². The van der Waals surface area contributed by atoms with Crippen LogP contribution >= 0.6 is 0 Å². The number of rotatable bonds is 8. The topological polar surface area (TPSA) is 90.5 Å². The Morgan fingerprint density at radius 1 is 1.11 bits per heavy atom. The molecule has 2 aromatic carbocycles. The minimum atomic E-state index is -0.926. The fraction of sp³-hybridized carbons (Fsp3) is 0.333. The van der Waals surface area contributed by atoms with Crippen LogP contribution in [0.1, 0.15) is 37.5 Å². The van der Waals surface area contributed by atoms with E-state index in [-0.39, 0.29) is 30.7 Å². The van der Waals surface area contributed by atoms with Gasteiger partial charge in [0.05, 0.1) is 6.10 Å². The highest BCUT2D eigenvalue weighted by Gasteiger charge is 2.11. The van der Waals surface area contributed by atoms with Gasteiger partial charge in [-0.15, -0.1) is 0 Å². The number of carbonyl (C=O) groups is 2. The molecular weight excluding hydrogens is 361 g/mol. The molecule has 7 heteroatoms. The summed E-state index contributed by atoms with van der Waals surface area (Å²) in [5.74, 6) is -0.496. The highest BCUT2D eigenvalue weighted by Crippen LogP contribution is 2.14. The Morgan fingerprint density at radius 2 is 1.82 bits per heavy atom. The van der Waals surface area contributed by atoms with Crippen molar-refractivity contribution in [1.82, 2.24) is 10.6 Å². The maximum Gasteiger partial charge on any atom is 0.315 e. The summed E-state index contributed by atoms with van der Waals surface area (Å²) in [4.78, 5) is 23.9. The number of halogens is 1. The van der Waals surface area contributed by atoms with Gasteiger partial charge in [-0.2, -0.15) is 0 Å². The van der Waals surface area contributed by atoms with Gasteiger partial charge in [-0.1, -0.05) is 38.1 Å². The lowest BCUT2D eigenvalue weighted by molar-refractivity contribution is -0.119. The quantitative estimate of drug-likeness (QED) is 0.560. The maximum absolute atomic E-state index is 12.9. The first-order valence-corrected chi connectivity index (χ1v) is 9.24. The second kappa shape index (κ2) is 10.4. The van der Waals surface area contributed by atoms with Crippen LogP contribution in [-0.2, 0) is 11.3 Å². The van der Waals surface area contributed by atoms with Gasteiger partial charge in [-0.05, 0) is 41.8 Å². The third-order valence-electron chi connectivity index (χ3n) is 4.42. The molecule has 0 aliphatic heterocycles. The SMILES string of the molecule is CCC(C)C(=O)Nc1cccc(CNC(=O)NCC(O)c2ccc(F)cc2)c1. The van der Waals surface area contributed by atoms with Gasteiger partial charge in [0.15, 0.2) is 0 Å². The first-order chi connectivity index (χ1) is 13.4. The molecule has 0 radical (unpaired) electrons. The number of carbonyl (C=O) groups excluding carboxylic acids is 2. The molecule has 0 saturated heterocycles. The van der Waals surface area contributed by atoms with Gasteiger partial charge in [0.25, 0.3) is 0 Å². The van der Waals surface area contributed by atoms with Gasteiger partial charge < -0.3 is 21.1 Å². The molecule has 150 valence electrons. The van der Waals surface area contributed by atoms with Crippen LogP contribution in [0.15, 0.2) is 48.5 Å². The zero-order chi connectivity index (χ0) is 20.5. The highest BCUT2D eigenvalue weighted by molar-refractivity contribution is 5.92. The molecule has 3 amide bonds. The van der Waals surface area contributed by atoms with Crippen molar-refractivity contribution in [3.05, 3.63) is 65.5 Å². The average Bonchev–Trinajstić information content (AvgIpc) is 2.70. The lowest BCUT2D eigenvalue weighted by atomic mass is 10.1. The third-order valence-corrected chi connectivity index (χ3v) is 4.42. The molecule has 28 heavy (non-hydrogen) atoms. The van der Waals surface area contributed by atoms with Crippen molar-refractivity contribution in [2.75, 3.05) is 11.9 Å². The monoisotopic (exact) mass is 387 g/mol. The number of aliphatic hydroxyl groups excluding tert-OH is 1.